The topological polar surface area (TPSA) is 74.8 Å². The lowest BCUT2D eigenvalue weighted by Crippen LogP contribution is -2.50. The summed E-state index contributed by atoms with van der Waals surface area (Å²) in [5.41, 5.74) is 1.39. The van der Waals surface area contributed by atoms with E-state index in [0.717, 1.165) is 18.5 Å². The van der Waals surface area contributed by atoms with Crippen LogP contribution in [0.15, 0.2) is 18.3 Å². The third-order valence-electron chi connectivity index (χ3n) is 4.07. The van der Waals surface area contributed by atoms with Crippen molar-refractivity contribution in [3.05, 3.63) is 29.6 Å². The van der Waals surface area contributed by atoms with Crippen LogP contribution in [0.1, 0.15) is 28.9 Å². The first-order valence-electron chi connectivity index (χ1n) is 8.25. The molecule has 0 aliphatic carbocycles. The van der Waals surface area contributed by atoms with Crippen LogP contribution in [0.5, 0.6) is 0 Å². The van der Waals surface area contributed by atoms with Gasteiger partial charge in [-0.3, -0.25) is 9.78 Å². The van der Waals surface area contributed by atoms with Gasteiger partial charge in [-0.15, -0.1) is 0 Å². The van der Waals surface area contributed by atoms with E-state index in [4.69, 9.17) is 4.74 Å². The van der Waals surface area contributed by atoms with Crippen molar-refractivity contribution < 1.29 is 14.3 Å². The number of rotatable bonds is 5. The van der Waals surface area contributed by atoms with Crippen LogP contribution in [0.3, 0.4) is 0 Å². The quantitative estimate of drug-likeness (QED) is 0.880. The standard InChI is InChI=1S/C17H26N4O3/c1-13-4-5-14(12-19-13)16(22)18-8-9-21(17(23)20(2)3)15-6-10-24-11-7-15/h4-5,12,15H,6-11H2,1-3H3,(H,18,22). The maximum atomic E-state index is 12.4. The zero-order valence-corrected chi connectivity index (χ0v) is 14.6. The highest BCUT2D eigenvalue weighted by Gasteiger charge is 2.26. The van der Waals surface area contributed by atoms with E-state index in [9.17, 15) is 9.59 Å². The fraction of sp³-hybridized carbons (Fsp3) is 0.588. The summed E-state index contributed by atoms with van der Waals surface area (Å²) >= 11 is 0. The summed E-state index contributed by atoms with van der Waals surface area (Å²) in [6.45, 7) is 4.10. The molecule has 1 saturated heterocycles. The number of nitrogens with one attached hydrogen (secondary N) is 1. The maximum absolute atomic E-state index is 12.4. The highest BCUT2D eigenvalue weighted by molar-refractivity contribution is 5.93. The molecule has 2 heterocycles. The van der Waals surface area contributed by atoms with Crippen molar-refractivity contribution in [3.8, 4) is 0 Å². The molecule has 0 aromatic carbocycles. The van der Waals surface area contributed by atoms with Crippen molar-refractivity contribution in [2.75, 3.05) is 40.4 Å². The number of aromatic nitrogens is 1. The van der Waals surface area contributed by atoms with Gasteiger partial charge in [-0.05, 0) is 31.9 Å². The Morgan fingerprint density at radius 2 is 2.00 bits per heavy atom. The third-order valence-corrected chi connectivity index (χ3v) is 4.07. The Labute approximate surface area is 143 Å². The molecule has 1 fully saturated rings. The fourth-order valence-corrected chi connectivity index (χ4v) is 2.68. The average Bonchev–Trinajstić information content (AvgIpc) is 2.59. The lowest BCUT2D eigenvalue weighted by atomic mass is 10.1. The monoisotopic (exact) mass is 334 g/mol. The van der Waals surface area contributed by atoms with Crippen molar-refractivity contribution in [2.45, 2.75) is 25.8 Å². The number of hydrogen-bond donors (Lipinski definition) is 1. The average molecular weight is 334 g/mol. The Morgan fingerprint density at radius 3 is 2.58 bits per heavy atom. The minimum absolute atomic E-state index is 0.0341. The van der Waals surface area contributed by atoms with Gasteiger partial charge in [0, 0.05) is 58.3 Å². The van der Waals surface area contributed by atoms with Gasteiger partial charge in [0.25, 0.3) is 5.91 Å². The van der Waals surface area contributed by atoms with Crippen molar-refractivity contribution in [1.29, 1.82) is 0 Å². The van der Waals surface area contributed by atoms with E-state index in [-0.39, 0.29) is 18.0 Å². The summed E-state index contributed by atoms with van der Waals surface area (Å²) < 4.78 is 5.37. The number of ether oxygens (including phenoxy) is 1. The fourth-order valence-electron chi connectivity index (χ4n) is 2.68. The Bertz CT molecular complexity index is 553. The van der Waals surface area contributed by atoms with Crippen LogP contribution in [-0.2, 0) is 4.74 Å². The lowest BCUT2D eigenvalue weighted by Gasteiger charge is -2.36. The lowest BCUT2D eigenvalue weighted by molar-refractivity contribution is 0.0415. The minimum Gasteiger partial charge on any atom is -0.381 e. The molecule has 24 heavy (non-hydrogen) atoms. The molecule has 1 aromatic heterocycles. The number of hydrogen-bond acceptors (Lipinski definition) is 4. The van der Waals surface area contributed by atoms with Crippen LogP contribution < -0.4 is 5.32 Å². The molecule has 1 aromatic rings. The van der Waals surface area contributed by atoms with Gasteiger partial charge in [0.05, 0.1) is 5.56 Å². The van der Waals surface area contributed by atoms with E-state index >= 15 is 0 Å². The molecule has 3 amide bonds. The molecule has 0 saturated carbocycles. The Hall–Kier alpha value is -2.15. The third kappa shape index (κ3) is 4.92. The van der Waals surface area contributed by atoms with E-state index < -0.39 is 0 Å². The molecule has 132 valence electrons. The van der Waals surface area contributed by atoms with Gasteiger partial charge >= 0.3 is 6.03 Å². The van der Waals surface area contributed by atoms with E-state index in [1.165, 1.54) is 0 Å². The predicted octanol–water partition coefficient (Wildman–Crippen LogP) is 1.28. The second-order valence-corrected chi connectivity index (χ2v) is 6.16. The summed E-state index contributed by atoms with van der Waals surface area (Å²) in [4.78, 5) is 32.1. The van der Waals surface area contributed by atoms with Crippen LogP contribution in [0.25, 0.3) is 0 Å². The highest BCUT2D eigenvalue weighted by Crippen LogP contribution is 2.15. The van der Waals surface area contributed by atoms with Crippen LogP contribution in [-0.4, -0.2) is 73.2 Å². The number of carbonyl (C=O) groups is 2. The molecule has 1 aliphatic heterocycles. The molecule has 0 unspecified atom stereocenters. The van der Waals surface area contributed by atoms with Gasteiger partial charge in [-0.25, -0.2) is 4.79 Å². The Morgan fingerprint density at radius 1 is 1.29 bits per heavy atom. The van der Waals surface area contributed by atoms with Crippen molar-refractivity contribution in [2.24, 2.45) is 0 Å². The van der Waals surface area contributed by atoms with Crippen LogP contribution >= 0.6 is 0 Å². The van der Waals surface area contributed by atoms with Crippen molar-refractivity contribution in [3.63, 3.8) is 0 Å². The van der Waals surface area contributed by atoms with Gasteiger partial charge in [0.15, 0.2) is 0 Å². The number of nitrogens with zero attached hydrogens (tertiary/aromatic N) is 3. The SMILES string of the molecule is Cc1ccc(C(=O)NCCN(C(=O)N(C)C)C2CCOCC2)cn1. The van der Waals surface area contributed by atoms with Gasteiger partial charge in [-0.2, -0.15) is 0 Å². The van der Waals surface area contributed by atoms with E-state index in [2.05, 4.69) is 10.3 Å². The largest absolute Gasteiger partial charge is 0.381 e. The molecule has 2 rings (SSSR count). The van der Waals surface area contributed by atoms with Gasteiger partial charge in [0.1, 0.15) is 0 Å². The number of pyridine rings is 1. The van der Waals surface area contributed by atoms with Crippen molar-refractivity contribution in [1.82, 2.24) is 20.1 Å². The molecule has 0 bridgehead atoms. The molecule has 0 radical (unpaired) electrons. The maximum Gasteiger partial charge on any atom is 0.319 e. The summed E-state index contributed by atoms with van der Waals surface area (Å²) in [5, 5.41) is 2.86. The molecular weight excluding hydrogens is 308 g/mol. The molecule has 0 spiro atoms. The summed E-state index contributed by atoms with van der Waals surface area (Å²) in [5.74, 6) is -0.174. The van der Waals surface area contributed by atoms with Crippen molar-refractivity contribution >= 4 is 11.9 Å². The molecule has 7 heteroatoms. The Kier molecular flexibility index (Phi) is 6.54. The number of carbonyl (C=O) groups excluding carboxylic acids is 2. The first-order valence-corrected chi connectivity index (χ1v) is 8.25. The van der Waals surface area contributed by atoms with Crippen LogP contribution in [0, 0.1) is 6.92 Å². The predicted molar refractivity (Wildman–Crippen MR) is 90.9 cm³/mol. The molecule has 0 atom stereocenters. The van der Waals surface area contributed by atoms with E-state index in [0.29, 0.717) is 31.9 Å². The minimum atomic E-state index is -0.174. The smallest absolute Gasteiger partial charge is 0.319 e. The van der Waals surface area contributed by atoms with Crippen LogP contribution in [0.4, 0.5) is 4.79 Å². The molecule has 7 nitrogen and oxygen atoms in total. The summed E-state index contributed by atoms with van der Waals surface area (Å²) in [7, 11) is 3.48. The molecule has 1 N–H and O–H groups in total. The van der Waals surface area contributed by atoms with E-state index in [1.807, 2.05) is 11.8 Å². The number of urea groups is 1. The van der Waals surface area contributed by atoms with E-state index in [1.54, 1.807) is 37.3 Å². The zero-order chi connectivity index (χ0) is 17.5. The first-order chi connectivity index (χ1) is 11.5. The summed E-state index contributed by atoms with van der Waals surface area (Å²) in [6, 6.07) is 3.68. The number of amides is 3. The summed E-state index contributed by atoms with van der Waals surface area (Å²) in [6.07, 6.45) is 3.22. The normalized spacial score (nSPS) is 15.0. The van der Waals surface area contributed by atoms with Gasteiger partial charge in [0.2, 0.25) is 0 Å². The second kappa shape index (κ2) is 8.63. The first kappa shape index (κ1) is 18.2. The molecule has 1 aliphatic rings. The highest BCUT2D eigenvalue weighted by atomic mass is 16.5. The number of aryl methyl sites for hydroxylation is 1. The van der Waals surface area contributed by atoms with Gasteiger partial charge in [-0.1, -0.05) is 0 Å². The molecular formula is C17H26N4O3. The van der Waals surface area contributed by atoms with Gasteiger partial charge < -0.3 is 19.9 Å². The van der Waals surface area contributed by atoms with Crippen LogP contribution in [0.2, 0.25) is 0 Å². The second-order valence-electron chi connectivity index (χ2n) is 6.16. The zero-order valence-electron chi connectivity index (χ0n) is 14.6. The Balaban J connectivity index is 1.90.